The lowest BCUT2D eigenvalue weighted by atomic mass is 9.81. The summed E-state index contributed by atoms with van der Waals surface area (Å²) >= 11 is 5.82. The molecule has 0 bridgehead atoms. The van der Waals surface area contributed by atoms with Gasteiger partial charge >= 0.3 is 0 Å². The topological polar surface area (TPSA) is 83.7 Å². The van der Waals surface area contributed by atoms with Crippen LogP contribution in [-0.4, -0.2) is 54.3 Å². The molecule has 8 heteroatoms. The lowest BCUT2D eigenvalue weighted by Crippen LogP contribution is -2.26. The minimum absolute atomic E-state index is 0.0162. The minimum Gasteiger partial charge on any atom is -0.726 e. The maximum atomic E-state index is 8.63. The second kappa shape index (κ2) is 9.75. The summed E-state index contributed by atoms with van der Waals surface area (Å²) in [6, 6.07) is 17.3. The molecule has 2 aromatic rings. The van der Waals surface area contributed by atoms with E-state index in [0.717, 1.165) is 6.54 Å². The largest absolute Gasteiger partial charge is 0.726 e. The van der Waals surface area contributed by atoms with Crippen molar-refractivity contribution in [2.24, 2.45) is 0 Å². The van der Waals surface area contributed by atoms with E-state index in [1.807, 2.05) is 0 Å². The zero-order valence-electron chi connectivity index (χ0n) is 17.5. The molecule has 0 unspecified atom stereocenters. The summed E-state index contributed by atoms with van der Waals surface area (Å²) in [5.74, 6) is 0.637. The van der Waals surface area contributed by atoms with Crippen LogP contribution in [0.4, 0.5) is 11.4 Å². The molecule has 0 radical (unpaired) electrons. The first-order valence-electron chi connectivity index (χ1n) is 9.39. The summed E-state index contributed by atoms with van der Waals surface area (Å²) in [6.07, 6.45) is 4.45. The fourth-order valence-electron chi connectivity index (χ4n) is 3.57. The summed E-state index contributed by atoms with van der Waals surface area (Å²) < 4.78 is 35.1. The summed E-state index contributed by atoms with van der Waals surface area (Å²) in [5, 5.41) is 0. The number of allylic oxidation sites excluding steroid dienone is 1. The van der Waals surface area contributed by atoms with E-state index in [-0.39, 0.29) is 5.41 Å². The van der Waals surface area contributed by atoms with Crippen LogP contribution >= 0.6 is 11.6 Å². The zero-order chi connectivity index (χ0) is 22.5. The fraction of sp³-hybridized carbons (Fsp3) is 0.318. The van der Waals surface area contributed by atoms with Gasteiger partial charge in [0.15, 0.2) is 5.71 Å². The third-order valence-electron chi connectivity index (χ3n) is 5.13. The fourth-order valence-corrected chi connectivity index (χ4v) is 3.83. The van der Waals surface area contributed by atoms with Crippen LogP contribution < -0.4 is 4.90 Å². The van der Waals surface area contributed by atoms with Crippen LogP contribution in [0.3, 0.4) is 0 Å². The number of hydrogen-bond acceptors (Lipinski definition) is 4. The molecule has 6 nitrogen and oxygen atoms in total. The van der Waals surface area contributed by atoms with Gasteiger partial charge in [0.1, 0.15) is 7.05 Å². The number of halogens is 1. The molecule has 0 saturated heterocycles. The molecule has 0 spiro atoms. The van der Waals surface area contributed by atoms with Gasteiger partial charge in [0.2, 0.25) is 16.1 Å². The maximum Gasteiger partial charge on any atom is 0.215 e. The molecule has 0 aliphatic carbocycles. The number of benzene rings is 2. The SMILES string of the molecule is CN(CCCl)c1ccc(C=CC2=[N+](C)c3ccccc3C2(C)C)cc1.O=S(=O)([O-])O. The molecule has 1 aliphatic heterocycles. The number of nitrogens with zero attached hydrogens (tertiary/aromatic N) is 2. The number of para-hydroxylation sites is 1. The van der Waals surface area contributed by atoms with Gasteiger partial charge < -0.3 is 9.45 Å². The molecular formula is C22H27ClN2O4S. The molecule has 0 aromatic heterocycles. The van der Waals surface area contributed by atoms with Crippen LogP contribution in [0.2, 0.25) is 0 Å². The Hall–Kier alpha value is -2.19. The maximum absolute atomic E-state index is 8.63. The van der Waals surface area contributed by atoms with E-state index in [9.17, 15) is 0 Å². The van der Waals surface area contributed by atoms with Crippen molar-refractivity contribution in [3.05, 3.63) is 65.7 Å². The van der Waals surface area contributed by atoms with Gasteiger partial charge in [-0.1, -0.05) is 30.3 Å². The highest BCUT2D eigenvalue weighted by Gasteiger charge is 2.42. The van der Waals surface area contributed by atoms with Crippen molar-refractivity contribution in [2.45, 2.75) is 19.3 Å². The first kappa shape index (κ1) is 24.1. The molecule has 1 heterocycles. The van der Waals surface area contributed by atoms with Crippen molar-refractivity contribution >= 4 is 45.2 Å². The summed E-state index contributed by atoms with van der Waals surface area (Å²) in [6.45, 7) is 5.43. The molecule has 0 saturated carbocycles. The predicted octanol–water partition coefficient (Wildman–Crippen LogP) is 4.09. The Balaban J connectivity index is 0.000000575. The molecular weight excluding hydrogens is 424 g/mol. The number of alkyl halides is 1. The lowest BCUT2D eigenvalue weighted by molar-refractivity contribution is -0.401. The Morgan fingerprint density at radius 1 is 1.13 bits per heavy atom. The van der Waals surface area contributed by atoms with Gasteiger partial charge in [0.25, 0.3) is 0 Å². The quantitative estimate of drug-likeness (QED) is 0.321. The van der Waals surface area contributed by atoms with Gasteiger partial charge in [-0.15, -0.1) is 11.6 Å². The Bertz CT molecular complexity index is 1040. The average Bonchev–Trinajstić information content (AvgIpc) is 2.86. The Kier molecular flexibility index (Phi) is 7.82. The Morgan fingerprint density at radius 2 is 1.70 bits per heavy atom. The van der Waals surface area contributed by atoms with Gasteiger partial charge in [-0.25, -0.2) is 8.42 Å². The highest BCUT2D eigenvalue weighted by Crippen LogP contribution is 2.39. The van der Waals surface area contributed by atoms with Crippen molar-refractivity contribution < 1.29 is 22.1 Å². The highest BCUT2D eigenvalue weighted by atomic mass is 35.5. The Morgan fingerprint density at radius 3 is 2.23 bits per heavy atom. The predicted molar refractivity (Wildman–Crippen MR) is 122 cm³/mol. The van der Waals surface area contributed by atoms with Crippen LogP contribution in [-0.2, 0) is 15.8 Å². The van der Waals surface area contributed by atoms with Crippen molar-refractivity contribution in [1.29, 1.82) is 0 Å². The number of fused-ring (bicyclic) bond motifs is 1. The van der Waals surface area contributed by atoms with Crippen molar-refractivity contribution in [1.82, 2.24) is 0 Å². The molecule has 0 amide bonds. The lowest BCUT2D eigenvalue weighted by Gasteiger charge is -2.17. The summed E-state index contributed by atoms with van der Waals surface area (Å²) in [4.78, 5) is 2.17. The molecule has 0 fully saturated rings. The smallest absolute Gasteiger partial charge is 0.215 e. The van der Waals surface area contributed by atoms with Gasteiger partial charge in [-0.05, 0) is 37.6 Å². The van der Waals surface area contributed by atoms with Crippen molar-refractivity contribution in [2.75, 3.05) is 31.4 Å². The van der Waals surface area contributed by atoms with Crippen molar-refractivity contribution in [3.63, 3.8) is 0 Å². The third kappa shape index (κ3) is 6.15. The van der Waals surface area contributed by atoms with E-state index in [1.54, 1.807) is 0 Å². The van der Waals surface area contributed by atoms with E-state index in [0.29, 0.717) is 5.88 Å². The van der Waals surface area contributed by atoms with E-state index in [4.69, 9.17) is 29.1 Å². The van der Waals surface area contributed by atoms with Gasteiger partial charge in [-0.2, -0.15) is 4.58 Å². The molecule has 30 heavy (non-hydrogen) atoms. The van der Waals surface area contributed by atoms with E-state index in [1.165, 1.54) is 28.2 Å². The van der Waals surface area contributed by atoms with Gasteiger partial charge in [0.05, 0.1) is 5.41 Å². The van der Waals surface area contributed by atoms with E-state index in [2.05, 4.69) is 98.1 Å². The second-order valence-electron chi connectivity index (χ2n) is 7.55. The van der Waals surface area contributed by atoms with E-state index >= 15 is 0 Å². The van der Waals surface area contributed by atoms with Crippen LogP contribution in [0.5, 0.6) is 0 Å². The molecule has 2 aromatic carbocycles. The van der Waals surface area contributed by atoms with Gasteiger partial charge in [-0.3, -0.25) is 4.55 Å². The van der Waals surface area contributed by atoms with Crippen LogP contribution in [0.1, 0.15) is 25.0 Å². The minimum atomic E-state index is -4.92. The normalized spacial score (nSPS) is 15.0. The van der Waals surface area contributed by atoms with Gasteiger partial charge in [0, 0.05) is 42.9 Å². The highest BCUT2D eigenvalue weighted by molar-refractivity contribution is 7.79. The van der Waals surface area contributed by atoms with E-state index < -0.39 is 10.4 Å². The average molecular weight is 451 g/mol. The number of hydrogen-bond donors (Lipinski definition) is 1. The first-order valence-corrected chi connectivity index (χ1v) is 11.3. The molecule has 3 rings (SSSR count). The van der Waals surface area contributed by atoms with Crippen LogP contribution in [0, 0.1) is 0 Å². The number of rotatable bonds is 5. The Labute approximate surface area is 183 Å². The summed E-state index contributed by atoms with van der Waals surface area (Å²) in [7, 11) is -0.701. The monoisotopic (exact) mass is 450 g/mol. The standard InChI is InChI=1S/C22H26ClN2.H2O4S/c1-22(2)19-7-5-6-8-20(19)25(4)21(22)14-11-17-9-12-18(13-10-17)24(3)16-15-23;1-5(2,3)4/h5-14H,15-16H2,1-4H3;(H2,1,2,3,4)/q+1;/p-1. The molecule has 1 aliphatic rings. The third-order valence-corrected chi connectivity index (χ3v) is 5.30. The zero-order valence-corrected chi connectivity index (χ0v) is 19.1. The van der Waals surface area contributed by atoms with Crippen LogP contribution in [0.25, 0.3) is 6.08 Å². The summed E-state index contributed by atoms with van der Waals surface area (Å²) in [5.41, 5.74) is 6.41. The first-order chi connectivity index (χ1) is 13.9. The molecule has 1 N–H and O–H groups in total. The van der Waals surface area contributed by atoms with Crippen LogP contribution in [0.15, 0.2) is 54.6 Å². The molecule has 162 valence electrons. The van der Waals surface area contributed by atoms with Crippen molar-refractivity contribution in [3.8, 4) is 0 Å². The number of anilines is 1. The molecule has 0 atom stereocenters. The second-order valence-corrected chi connectivity index (χ2v) is 8.78.